The third-order valence-corrected chi connectivity index (χ3v) is 5.88. The summed E-state index contributed by atoms with van der Waals surface area (Å²) < 4.78 is 7.53. The number of hydrogen-bond donors (Lipinski definition) is 3. The summed E-state index contributed by atoms with van der Waals surface area (Å²) in [5.41, 5.74) is 5.30. The number of aromatic nitrogens is 2. The summed E-state index contributed by atoms with van der Waals surface area (Å²) in [5.74, 6) is -0.119. The first-order chi connectivity index (χ1) is 15.5. The molecule has 4 rings (SSSR count). The smallest absolute Gasteiger partial charge is 0.251 e. The maximum absolute atomic E-state index is 12.8. The van der Waals surface area contributed by atoms with Gasteiger partial charge in [-0.25, -0.2) is 10.5 Å². The van der Waals surface area contributed by atoms with Gasteiger partial charge in [-0.05, 0) is 36.2 Å². The van der Waals surface area contributed by atoms with E-state index in [1.54, 1.807) is 17.6 Å². The first-order valence-electron chi connectivity index (χ1n) is 10.8. The number of ether oxygens (including phenoxy) is 1. The van der Waals surface area contributed by atoms with Crippen LogP contribution in [0.2, 0.25) is 0 Å². The van der Waals surface area contributed by atoms with Crippen LogP contribution in [0.4, 0.5) is 0 Å². The van der Waals surface area contributed by atoms with Crippen LogP contribution in [0.15, 0.2) is 48.5 Å². The number of nitrogens with zero attached hydrogens (tertiary/aromatic N) is 2. The number of benzene rings is 2. The minimum Gasteiger partial charge on any atom is -0.380 e. The molecule has 2 aromatic carbocycles. The summed E-state index contributed by atoms with van der Waals surface area (Å²) in [7, 11) is 0. The summed E-state index contributed by atoms with van der Waals surface area (Å²) in [6.07, 6.45) is 0.508. The van der Waals surface area contributed by atoms with Crippen molar-refractivity contribution in [1.29, 1.82) is 0 Å². The molecule has 0 spiro atoms. The predicted molar refractivity (Wildman–Crippen MR) is 119 cm³/mol. The zero-order valence-electron chi connectivity index (χ0n) is 18.2. The average Bonchev–Trinajstić information content (AvgIpc) is 3.18. The number of carbonyl (C=O) groups excluding carboxylic acids is 2. The van der Waals surface area contributed by atoms with Crippen molar-refractivity contribution in [3.05, 3.63) is 65.5 Å². The largest absolute Gasteiger partial charge is 0.380 e. The minimum absolute atomic E-state index is 0.160. The summed E-state index contributed by atoms with van der Waals surface area (Å²) in [6.45, 7) is 5.54. The van der Waals surface area contributed by atoms with Crippen molar-refractivity contribution in [2.24, 2.45) is 5.92 Å². The number of nitrogens with one attached hydrogen (secondary N) is 2. The van der Waals surface area contributed by atoms with Crippen molar-refractivity contribution >= 4 is 22.8 Å². The van der Waals surface area contributed by atoms with Gasteiger partial charge in [0.1, 0.15) is 5.82 Å². The second-order valence-electron chi connectivity index (χ2n) is 8.42. The number of carbonyl (C=O) groups is 2. The molecule has 2 amide bonds. The first kappa shape index (κ1) is 22.0. The molecule has 168 valence electrons. The topological polar surface area (TPSA) is 105 Å². The number of amides is 2. The van der Waals surface area contributed by atoms with E-state index in [9.17, 15) is 9.59 Å². The number of para-hydroxylation sites is 2. The monoisotopic (exact) mass is 436 g/mol. The molecule has 1 fully saturated rings. The third-order valence-electron chi connectivity index (χ3n) is 5.88. The zero-order chi connectivity index (χ0) is 22.7. The highest BCUT2D eigenvalue weighted by atomic mass is 16.5. The molecule has 2 atom stereocenters. The van der Waals surface area contributed by atoms with Gasteiger partial charge >= 0.3 is 0 Å². The zero-order valence-corrected chi connectivity index (χ0v) is 18.2. The van der Waals surface area contributed by atoms with Crippen LogP contribution in [-0.2, 0) is 16.1 Å². The van der Waals surface area contributed by atoms with E-state index in [0.717, 1.165) is 22.4 Å². The normalized spacial score (nSPS) is 18.6. The number of rotatable bonds is 6. The molecule has 1 aliphatic rings. The van der Waals surface area contributed by atoms with Crippen molar-refractivity contribution in [1.82, 2.24) is 20.3 Å². The van der Waals surface area contributed by atoms with E-state index in [1.807, 2.05) is 30.3 Å². The standard InChI is InChI=1S/C24H28N4O4/c1-15(2)22-25-20-5-3-4-6-21(20)28(22)13-16-7-9-17(10-8-16)23(29)26-19-11-12-32-14-18(19)24(30)27-31/h3-10,15,18-19,31H,11-14H2,1-2H3,(H,26,29)(H,27,30)/t18-,19+/m0/s1. The highest BCUT2D eigenvalue weighted by Crippen LogP contribution is 2.23. The van der Waals surface area contributed by atoms with Gasteiger partial charge in [0.2, 0.25) is 0 Å². The maximum atomic E-state index is 12.8. The van der Waals surface area contributed by atoms with Gasteiger partial charge in [-0.2, -0.15) is 0 Å². The van der Waals surface area contributed by atoms with Crippen molar-refractivity contribution in [3.63, 3.8) is 0 Å². The predicted octanol–water partition coefficient (Wildman–Crippen LogP) is 2.85. The quantitative estimate of drug-likeness (QED) is 0.407. The third kappa shape index (κ3) is 4.51. The molecule has 3 N–H and O–H groups in total. The molecule has 0 bridgehead atoms. The molecule has 0 aliphatic carbocycles. The summed E-state index contributed by atoms with van der Waals surface area (Å²) >= 11 is 0. The van der Waals surface area contributed by atoms with E-state index in [4.69, 9.17) is 14.9 Å². The van der Waals surface area contributed by atoms with E-state index in [-0.39, 0.29) is 18.4 Å². The lowest BCUT2D eigenvalue weighted by molar-refractivity contribution is -0.138. The molecule has 2 heterocycles. The Morgan fingerprint density at radius 1 is 1.19 bits per heavy atom. The lowest BCUT2D eigenvalue weighted by atomic mass is 9.94. The van der Waals surface area contributed by atoms with E-state index in [0.29, 0.717) is 25.1 Å². The molecular formula is C24H28N4O4. The van der Waals surface area contributed by atoms with Crippen LogP contribution in [0.5, 0.6) is 0 Å². The Balaban J connectivity index is 1.49. The molecule has 1 aliphatic heterocycles. The van der Waals surface area contributed by atoms with Gasteiger partial charge in [0.25, 0.3) is 11.8 Å². The van der Waals surface area contributed by atoms with E-state index < -0.39 is 17.9 Å². The van der Waals surface area contributed by atoms with Crippen LogP contribution in [0, 0.1) is 5.92 Å². The Kier molecular flexibility index (Phi) is 6.53. The van der Waals surface area contributed by atoms with Crippen molar-refractivity contribution in [2.75, 3.05) is 13.2 Å². The number of hydroxylamine groups is 1. The minimum atomic E-state index is -0.624. The van der Waals surface area contributed by atoms with Crippen LogP contribution in [0.25, 0.3) is 11.0 Å². The van der Waals surface area contributed by atoms with E-state index in [1.165, 1.54) is 0 Å². The van der Waals surface area contributed by atoms with Gasteiger partial charge in [0, 0.05) is 30.7 Å². The van der Waals surface area contributed by atoms with Gasteiger partial charge in [-0.3, -0.25) is 14.8 Å². The molecule has 32 heavy (non-hydrogen) atoms. The summed E-state index contributed by atoms with van der Waals surface area (Å²) in [5, 5.41) is 11.8. The van der Waals surface area contributed by atoms with Crippen LogP contribution in [0.3, 0.4) is 0 Å². The van der Waals surface area contributed by atoms with Crippen molar-refractivity contribution in [2.45, 2.75) is 38.8 Å². The SMILES string of the molecule is CC(C)c1nc2ccccc2n1Cc1ccc(C(=O)N[C@@H]2CCOC[C@@H]2C(=O)NO)cc1. The molecule has 8 nitrogen and oxygen atoms in total. The van der Waals surface area contributed by atoms with Gasteiger partial charge in [0.15, 0.2) is 0 Å². The number of hydrogen-bond acceptors (Lipinski definition) is 5. The van der Waals surface area contributed by atoms with Gasteiger partial charge in [0.05, 0.1) is 23.6 Å². The second kappa shape index (κ2) is 9.50. The fourth-order valence-corrected chi connectivity index (χ4v) is 4.15. The Morgan fingerprint density at radius 3 is 2.66 bits per heavy atom. The lowest BCUT2D eigenvalue weighted by Gasteiger charge is -2.30. The van der Waals surface area contributed by atoms with Crippen LogP contribution in [-0.4, -0.2) is 45.8 Å². The maximum Gasteiger partial charge on any atom is 0.251 e. The number of imidazole rings is 1. The van der Waals surface area contributed by atoms with Crippen LogP contribution < -0.4 is 10.8 Å². The highest BCUT2D eigenvalue weighted by molar-refractivity contribution is 5.95. The van der Waals surface area contributed by atoms with Gasteiger partial charge in [-0.15, -0.1) is 0 Å². The fraction of sp³-hybridized carbons (Fsp3) is 0.375. The molecule has 1 saturated heterocycles. The van der Waals surface area contributed by atoms with Gasteiger partial charge < -0.3 is 14.6 Å². The second-order valence-corrected chi connectivity index (χ2v) is 8.42. The van der Waals surface area contributed by atoms with Crippen molar-refractivity contribution in [3.8, 4) is 0 Å². The van der Waals surface area contributed by atoms with Crippen LogP contribution >= 0.6 is 0 Å². The first-order valence-corrected chi connectivity index (χ1v) is 10.8. The Bertz CT molecular complexity index is 1110. The molecule has 3 aromatic rings. The van der Waals surface area contributed by atoms with Crippen LogP contribution in [0.1, 0.15) is 47.9 Å². The fourth-order valence-electron chi connectivity index (χ4n) is 4.15. The molecule has 0 unspecified atom stereocenters. The Hall–Kier alpha value is -3.23. The molecular weight excluding hydrogens is 408 g/mol. The average molecular weight is 437 g/mol. The lowest BCUT2D eigenvalue weighted by Crippen LogP contribution is -2.51. The molecule has 0 saturated carbocycles. The van der Waals surface area contributed by atoms with Gasteiger partial charge in [-0.1, -0.05) is 38.1 Å². The van der Waals surface area contributed by atoms with E-state index in [2.05, 4.69) is 29.8 Å². The highest BCUT2D eigenvalue weighted by Gasteiger charge is 2.32. The van der Waals surface area contributed by atoms with E-state index >= 15 is 0 Å². The summed E-state index contributed by atoms with van der Waals surface area (Å²) in [4.78, 5) is 29.4. The number of fused-ring (bicyclic) bond motifs is 1. The van der Waals surface area contributed by atoms with Crippen molar-refractivity contribution < 1.29 is 19.5 Å². The summed E-state index contributed by atoms with van der Waals surface area (Å²) in [6, 6.07) is 15.2. The Morgan fingerprint density at radius 2 is 1.94 bits per heavy atom. The molecule has 0 radical (unpaired) electrons. The Labute approximate surface area is 186 Å². The molecule has 1 aromatic heterocycles. The molecule has 8 heteroatoms.